The molecule has 2 saturated carbocycles. The number of anilines is 1. The van der Waals surface area contributed by atoms with E-state index in [0.717, 1.165) is 44.3 Å². The van der Waals surface area contributed by atoms with Crippen molar-refractivity contribution in [1.29, 1.82) is 0 Å². The number of rotatable bonds is 4. The van der Waals surface area contributed by atoms with Gasteiger partial charge in [0.25, 0.3) is 0 Å². The number of amides is 2. The van der Waals surface area contributed by atoms with Crippen molar-refractivity contribution in [2.45, 2.75) is 32.1 Å². The van der Waals surface area contributed by atoms with Crippen LogP contribution >= 0.6 is 0 Å². The minimum Gasteiger partial charge on any atom is -0.338 e. The van der Waals surface area contributed by atoms with Crippen molar-refractivity contribution in [2.24, 2.45) is 11.8 Å². The third kappa shape index (κ3) is 2.87. The molecule has 134 valence electrons. The molecule has 0 bridgehead atoms. The fourth-order valence-electron chi connectivity index (χ4n) is 3.45. The van der Waals surface area contributed by atoms with Crippen molar-refractivity contribution in [3.05, 3.63) is 30.0 Å². The summed E-state index contributed by atoms with van der Waals surface area (Å²) in [6.45, 7) is 1.40. The Kier molecular flexibility index (Phi) is 3.55. The van der Waals surface area contributed by atoms with Gasteiger partial charge >= 0.3 is 0 Å². The Balaban J connectivity index is 1.39. The minimum absolute atomic E-state index is 0.00793. The molecule has 1 N–H and O–H groups in total. The number of fused-ring (bicyclic) bond motifs is 1. The highest BCUT2D eigenvalue weighted by atomic mass is 16.2. The molecule has 2 amide bonds. The number of carbonyl (C=O) groups is 2. The summed E-state index contributed by atoms with van der Waals surface area (Å²) in [7, 11) is 0. The molecule has 2 aromatic rings. The lowest BCUT2D eigenvalue weighted by molar-refractivity contribution is -0.132. The van der Waals surface area contributed by atoms with Crippen molar-refractivity contribution in [2.75, 3.05) is 18.4 Å². The van der Waals surface area contributed by atoms with Crippen LogP contribution in [-0.4, -0.2) is 44.4 Å². The maximum atomic E-state index is 12.2. The normalized spacial score (nSPS) is 20.2. The van der Waals surface area contributed by atoms with Gasteiger partial charge in [-0.25, -0.2) is 4.52 Å². The van der Waals surface area contributed by atoms with Gasteiger partial charge in [-0.3, -0.25) is 14.9 Å². The molecule has 0 saturated heterocycles. The van der Waals surface area contributed by atoms with Crippen LogP contribution in [0.3, 0.4) is 0 Å². The molecule has 5 rings (SSSR count). The second kappa shape index (κ2) is 5.93. The molecule has 3 aliphatic rings. The number of nitrogens with one attached hydrogen (secondary N) is 1. The van der Waals surface area contributed by atoms with Crippen LogP contribution in [0.2, 0.25) is 0 Å². The fraction of sp³-hybridized carbons (Fsp3) is 0.474. The molecule has 7 nitrogen and oxygen atoms in total. The van der Waals surface area contributed by atoms with E-state index in [-0.39, 0.29) is 17.7 Å². The topological polar surface area (TPSA) is 79.6 Å². The van der Waals surface area contributed by atoms with Crippen LogP contribution < -0.4 is 5.32 Å². The molecule has 0 atom stereocenters. The van der Waals surface area contributed by atoms with Gasteiger partial charge in [0.15, 0.2) is 5.65 Å². The Morgan fingerprint density at radius 1 is 1.12 bits per heavy atom. The Bertz CT molecular complexity index is 923. The quantitative estimate of drug-likeness (QED) is 0.915. The first-order valence-corrected chi connectivity index (χ1v) is 9.34. The van der Waals surface area contributed by atoms with Gasteiger partial charge in [0.2, 0.25) is 17.8 Å². The molecule has 3 heterocycles. The molecule has 2 fully saturated rings. The lowest BCUT2D eigenvalue weighted by Crippen LogP contribution is -2.35. The second-order valence-corrected chi connectivity index (χ2v) is 7.42. The summed E-state index contributed by atoms with van der Waals surface area (Å²) < 4.78 is 1.78. The summed E-state index contributed by atoms with van der Waals surface area (Å²) in [6, 6.07) is 5.85. The minimum atomic E-state index is 0.00793. The fourth-order valence-corrected chi connectivity index (χ4v) is 3.45. The third-order valence-electron chi connectivity index (χ3n) is 5.32. The zero-order chi connectivity index (χ0) is 17.7. The first-order valence-electron chi connectivity index (χ1n) is 9.34. The van der Waals surface area contributed by atoms with E-state index in [1.807, 2.05) is 23.1 Å². The lowest BCUT2D eigenvalue weighted by Gasteiger charge is -2.26. The van der Waals surface area contributed by atoms with E-state index in [0.29, 0.717) is 24.0 Å². The third-order valence-corrected chi connectivity index (χ3v) is 5.32. The highest BCUT2D eigenvalue weighted by Crippen LogP contribution is 2.33. The summed E-state index contributed by atoms with van der Waals surface area (Å²) in [6.07, 6.45) is 6.91. The Hall–Kier alpha value is -2.70. The van der Waals surface area contributed by atoms with E-state index in [2.05, 4.69) is 21.5 Å². The molecular formula is C19H21N5O2. The van der Waals surface area contributed by atoms with Crippen molar-refractivity contribution in [3.63, 3.8) is 0 Å². The van der Waals surface area contributed by atoms with Crippen molar-refractivity contribution < 1.29 is 9.59 Å². The standard InChI is InChI=1S/C19H21N5O2/c25-17(13-4-5-13)21-19-20-16-3-1-2-15(24(16)22-19)12-8-10-23(11-9-12)18(26)14-6-7-14/h1-3,8,13-14H,4-7,9-11H2,(H,21,22,25). The first kappa shape index (κ1) is 15.5. The van der Waals surface area contributed by atoms with Gasteiger partial charge in [0.05, 0.1) is 5.69 Å². The van der Waals surface area contributed by atoms with Gasteiger partial charge in [0.1, 0.15) is 0 Å². The Labute approximate surface area is 151 Å². The summed E-state index contributed by atoms with van der Waals surface area (Å²) in [5.41, 5.74) is 2.85. The predicted octanol–water partition coefficient (Wildman–Crippen LogP) is 2.10. The summed E-state index contributed by atoms with van der Waals surface area (Å²) in [4.78, 5) is 30.5. The van der Waals surface area contributed by atoms with Crippen molar-refractivity contribution in [1.82, 2.24) is 19.5 Å². The number of aromatic nitrogens is 3. The van der Waals surface area contributed by atoms with Gasteiger partial charge in [-0.05, 0) is 49.8 Å². The SMILES string of the molecule is O=C(Nc1nc2cccc(C3=CCN(C(=O)C4CC4)CC3)n2n1)C1CC1. The monoisotopic (exact) mass is 351 g/mol. The number of nitrogens with zero attached hydrogens (tertiary/aromatic N) is 4. The van der Waals surface area contributed by atoms with Gasteiger partial charge < -0.3 is 4.90 Å². The van der Waals surface area contributed by atoms with E-state index in [1.165, 1.54) is 5.57 Å². The smallest absolute Gasteiger partial charge is 0.249 e. The van der Waals surface area contributed by atoms with Crippen molar-refractivity contribution >= 4 is 29.0 Å². The van der Waals surface area contributed by atoms with E-state index in [9.17, 15) is 9.59 Å². The summed E-state index contributed by atoms with van der Waals surface area (Å²) in [5, 5.41) is 7.29. The molecular weight excluding hydrogens is 330 g/mol. The molecule has 0 unspecified atom stereocenters. The van der Waals surface area contributed by atoms with Gasteiger partial charge in [0, 0.05) is 24.9 Å². The van der Waals surface area contributed by atoms with Crippen LogP contribution in [0, 0.1) is 11.8 Å². The zero-order valence-electron chi connectivity index (χ0n) is 14.5. The molecule has 26 heavy (non-hydrogen) atoms. The van der Waals surface area contributed by atoms with Crippen LogP contribution in [0.25, 0.3) is 11.2 Å². The predicted molar refractivity (Wildman–Crippen MR) is 96.2 cm³/mol. The number of hydrogen-bond acceptors (Lipinski definition) is 4. The van der Waals surface area contributed by atoms with E-state index in [1.54, 1.807) is 4.52 Å². The largest absolute Gasteiger partial charge is 0.338 e. The highest BCUT2D eigenvalue weighted by Gasteiger charge is 2.34. The summed E-state index contributed by atoms with van der Waals surface area (Å²) in [5.74, 6) is 1.05. The molecule has 0 spiro atoms. The number of hydrogen-bond donors (Lipinski definition) is 1. The average Bonchev–Trinajstić information content (AvgIpc) is 3.56. The average molecular weight is 351 g/mol. The van der Waals surface area contributed by atoms with Crippen LogP contribution in [0.15, 0.2) is 24.3 Å². The Morgan fingerprint density at radius 3 is 2.62 bits per heavy atom. The summed E-state index contributed by atoms with van der Waals surface area (Å²) >= 11 is 0. The van der Waals surface area contributed by atoms with Gasteiger partial charge in [-0.1, -0.05) is 12.1 Å². The molecule has 7 heteroatoms. The van der Waals surface area contributed by atoms with Crippen LogP contribution in [0.5, 0.6) is 0 Å². The van der Waals surface area contributed by atoms with Crippen LogP contribution in [0.4, 0.5) is 5.95 Å². The number of pyridine rings is 1. The number of carbonyl (C=O) groups excluding carboxylic acids is 2. The molecule has 1 aliphatic heterocycles. The molecule has 2 aliphatic carbocycles. The molecule has 0 aromatic carbocycles. The van der Waals surface area contributed by atoms with E-state index in [4.69, 9.17) is 0 Å². The van der Waals surface area contributed by atoms with E-state index >= 15 is 0 Å². The van der Waals surface area contributed by atoms with Gasteiger partial charge in [-0.15, -0.1) is 5.10 Å². The molecule has 2 aromatic heterocycles. The Morgan fingerprint density at radius 2 is 1.92 bits per heavy atom. The zero-order valence-corrected chi connectivity index (χ0v) is 14.5. The highest BCUT2D eigenvalue weighted by molar-refractivity contribution is 5.92. The maximum absolute atomic E-state index is 12.2. The molecule has 0 radical (unpaired) electrons. The van der Waals surface area contributed by atoms with Crippen LogP contribution in [-0.2, 0) is 9.59 Å². The van der Waals surface area contributed by atoms with Gasteiger partial charge in [-0.2, -0.15) is 4.98 Å². The second-order valence-electron chi connectivity index (χ2n) is 7.42. The maximum Gasteiger partial charge on any atom is 0.249 e. The first-order chi connectivity index (χ1) is 12.7. The van der Waals surface area contributed by atoms with Crippen molar-refractivity contribution in [3.8, 4) is 0 Å². The lowest BCUT2D eigenvalue weighted by atomic mass is 10.0. The van der Waals surface area contributed by atoms with E-state index < -0.39 is 0 Å². The van der Waals surface area contributed by atoms with Crippen LogP contribution in [0.1, 0.15) is 37.8 Å².